The van der Waals surface area contributed by atoms with E-state index in [0.717, 1.165) is 30.2 Å². The zero-order valence-electron chi connectivity index (χ0n) is 14.5. The van der Waals surface area contributed by atoms with Crippen molar-refractivity contribution in [2.45, 2.75) is 0 Å². The molecule has 0 radical (unpaired) electrons. The van der Waals surface area contributed by atoms with Crippen LogP contribution in [0.5, 0.6) is 5.75 Å². The van der Waals surface area contributed by atoms with Gasteiger partial charge in [-0.3, -0.25) is 0 Å². The molecule has 1 aliphatic rings. The molecule has 1 aromatic heterocycles. The Kier molecular flexibility index (Phi) is 5.35. The highest BCUT2D eigenvalue weighted by Crippen LogP contribution is 2.28. The fraction of sp³-hybridized carbons (Fsp3) is 0.333. The molecule has 0 amide bonds. The van der Waals surface area contributed by atoms with Crippen LogP contribution in [0, 0.1) is 0 Å². The van der Waals surface area contributed by atoms with Crippen molar-refractivity contribution in [3.8, 4) is 5.75 Å². The van der Waals surface area contributed by atoms with Crippen LogP contribution in [0.4, 0.5) is 17.3 Å². The number of morpholine rings is 1. The third-order valence-electron chi connectivity index (χ3n) is 4.03. The molecule has 1 aliphatic heterocycles. The van der Waals surface area contributed by atoms with Crippen LogP contribution in [-0.4, -0.2) is 50.4 Å². The number of hydrogen-bond acceptors (Lipinski definition) is 7. The van der Waals surface area contributed by atoms with Crippen molar-refractivity contribution in [1.82, 2.24) is 9.97 Å². The smallest absolute Gasteiger partial charge is 0.158 e. The molecule has 7 nitrogen and oxygen atoms in total. The molecule has 1 saturated heterocycles. The number of nitrogens with two attached hydrogens (primary N) is 1. The fourth-order valence-corrected chi connectivity index (χ4v) is 2.64. The van der Waals surface area contributed by atoms with Gasteiger partial charge >= 0.3 is 0 Å². The Morgan fingerprint density at radius 3 is 2.52 bits per heavy atom. The van der Waals surface area contributed by atoms with Crippen molar-refractivity contribution >= 4 is 29.5 Å². The Bertz CT molecular complexity index is 740. The summed E-state index contributed by atoms with van der Waals surface area (Å²) in [4.78, 5) is 11.2. The molecular formula is C18H23N5O2. The molecule has 3 N–H and O–H groups in total. The summed E-state index contributed by atoms with van der Waals surface area (Å²) in [6.45, 7) is 2.89. The highest BCUT2D eigenvalue weighted by molar-refractivity contribution is 5.78. The standard InChI is InChI=1S/C18H23N5O2/c1-20-17-16(19)18(23-9-11-25-12-10-23)22-15(21-17)8-5-13-3-6-14(24-2)7-4-13/h3-8H,9-12,19H2,1-2H3,(H,20,21,22)/b8-5+. The van der Waals surface area contributed by atoms with E-state index in [1.165, 1.54) is 0 Å². The Hall–Kier alpha value is -2.80. The molecule has 0 spiro atoms. The molecule has 0 atom stereocenters. The predicted octanol–water partition coefficient (Wildman–Crippen LogP) is 2.12. The molecular weight excluding hydrogens is 318 g/mol. The lowest BCUT2D eigenvalue weighted by molar-refractivity contribution is 0.122. The monoisotopic (exact) mass is 341 g/mol. The lowest BCUT2D eigenvalue weighted by Crippen LogP contribution is -2.37. The van der Waals surface area contributed by atoms with Gasteiger partial charge in [-0.2, -0.15) is 0 Å². The minimum absolute atomic E-state index is 0.561. The van der Waals surface area contributed by atoms with Crippen molar-refractivity contribution in [1.29, 1.82) is 0 Å². The molecule has 2 aromatic rings. The number of rotatable bonds is 5. The number of ether oxygens (including phenoxy) is 2. The van der Waals surface area contributed by atoms with Gasteiger partial charge in [-0.05, 0) is 23.8 Å². The van der Waals surface area contributed by atoms with Crippen LogP contribution in [0.2, 0.25) is 0 Å². The van der Waals surface area contributed by atoms with Crippen molar-refractivity contribution in [3.63, 3.8) is 0 Å². The Morgan fingerprint density at radius 2 is 1.88 bits per heavy atom. The highest BCUT2D eigenvalue weighted by Gasteiger charge is 2.18. The first kappa shape index (κ1) is 17.0. The maximum Gasteiger partial charge on any atom is 0.158 e. The van der Waals surface area contributed by atoms with Crippen LogP contribution in [0.1, 0.15) is 11.4 Å². The molecule has 132 valence electrons. The minimum Gasteiger partial charge on any atom is -0.497 e. The van der Waals surface area contributed by atoms with Gasteiger partial charge in [-0.15, -0.1) is 0 Å². The second-order valence-electron chi connectivity index (χ2n) is 5.62. The number of aromatic nitrogens is 2. The zero-order chi connectivity index (χ0) is 17.6. The normalized spacial score (nSPS) is 14.7. The van der Waals surface area contributed by atoms with Crippen LogP contribution >= 0.6 is 0 Å². The predicted molar refractivity (Wildman–Crippen MR) is 101 cm³/mol. The van der Waals surface area contributed by atoms with Crippen molar-refractivity contribution in [3.05, 3.63) is 35.7 Å². The summed E-state index contributed by atoms with van der Waals surface area (Å²) in [5.74, 6) is 2.81. The van der Waals surface area contributed by atoms with E-state index in [-0.39, 0.29) is 0 Å². The number of nitrogen functional groups attached to an aromatic ring is 1. The SMILES string of the molecule is CNc1nc(/C=C/c2ccc(OC)cc2)nc(N2CCOCC2)c1N. The number of anilines is 3. The Balaban J connectivity index is 1.88. The summed E-state index contributed by atoms with van der Waals surface area (Å²) < 4.78 is 10.6. The van der Waals surface area contributed by atoms with E-state index in [2.05, 4.69) is 20.2 Å². The van der Waals surface area contributed by atoms with Gasteiger partial charge in [0.05, 0.1) is 20.3 Å². The lowest BCUT2D eigenvalue weighted by atomic mass is 10.2. The quantitative estimate of drug-likeness (QED) is 0.861. The maximum atomic E-state index is 6.22. The van der Waals surface area contributed by atoms with Gasteiger partial charge < -0.3 is 25.4 Å². The molecule has 1 aromatic carbocycles. The minimum atomic E-state index is 0.561. The largest absolute Gasteiger partial charge is 0.497 e. The number of benzene rings is 1. The molecule has 0 aliphatic carbocycles. The molecule has 2 heterocycles. The first-order valence-electron chi connectivity index (χ1n) is 8.21. The Labute approximate surface area is 147 Å². The van der Waals surface area contributed by atoms with Gasteiger partial charge in [0.25, 0.3) is 0 Å². The number of nitrogens with zero attached hydrogens (tertiary/aromatic N) is 3. The van der Waals surface area contributed by atoms with E-state index in [1.54, 1.807) is 14.2 Å². The van der Waals surface area contributed by atoms with Gasteiger partial charge in [0.1, 0.15) is 11.4 Å². The van der Waals surface area contributed by atoms with Gasteiger partial charge in [0.15, 0.2) is 17.5 Å². The average Bonchev–Trinajstić information content (AvgIpc) is 2.68. The molecule has 0 unspecified atom stereocenters. The van der Waals surface area contributed by atoms with Crippen LogP contribution < -0.4 is 20.7 Å². The van der Waals surface area contributed by atoms with Crippen molar-refractivity contribution < 1.29 is 9.47 Å². The van der Waals surface area contributed by atoms with Crippen LogP contribution in [0.25, 0.3) is 12.2 Å². The summed E-state index contributed by atoms with van der Waals surface area (Å²) in [5.41, 5.74) is 7.83. The third-order valence-corrected chi connectivity index (χ3v) is 4.03. The second kappa shape index (κ2) is 7.85. The summed E-state index contributed by atoms with van der Waals surface area (Å²) in [5, 5.41) is 3.04. The molecule has 7 heteroatoms. The van der Waals surface area contributed by atoms with E-state index < -0.39 is 0 Å². The molecule has 0 bridgehead atoms. The summed E-state index contributed by atoms with van der Waals surface area (Å²) in [6, 6.07) is 7.80. The van der Waals surface area contributed by atoms with Crippen LogP contribution in [0.15, 0.2) is 24.3 Å². The molecule has 3 rings (SSSR count). The van der Waals surface area contributed by atoms with E-state index in [9.17, 15) is 0 Å². The Morgan fingerprint density at radius 1 is 1.16 bits per heavy atom. The highest BCUT2D eigenvalue weighted by atomic mass is 16.5. The summed E-state index contributed by atoms with van der Waals surface area (Å²) in [7, 11) is 3.46. The zero-order valence-corrected chi connectivity index (χ0v) is 14.5. The number of nitrogens with one attached hydrogen (secondary N) is 1. The van der Waals surface area contributed by atoms with Crippen molar-refractivity contribution in [2.75, 3.05) is 56.4 Å². The maximum absolute atomic E-state index is 6.22. The average molecular weight is 341 g/mol. The molecule has 1 fully saturated rings. The first-order chi connectivity index (χ1) is 12.2. The van der Waals surface area contributed by atoms with Gasteiger partial charge in [0.2, 0.25) is 0 Å². The summed E-state index contributed by atoms with van der Waals surface area (Å²) in [6.07, 6.45) is 3.85. The molecule has 25 heavy (non-hydrogen) atoms. The number of hydrogen-bond donors (Lipinski definition) is 2. The first-order valence-corrected chi connectivity index (χ1v) is 8.21. The second-order valence-corrected chi connectivity index (χ2v) is 5.62. The van der Waals surface area contributed by atoms with E-state index in [0.29, 0.717) is 30.5 Å². The van der Waals surface area contributed by atoms with E-state index in [4.69, 9.17) is 15.2 Å². The summed E-state index contributed by atoms with van der Waals surface area (Å²) >= 11 is 0. The van der Waals surface area contributed by atoms with Crippen molar-refractivity contribution in [2.24, 2.45) is 0 Å². The number of methoxy groups -OCH3 is 1. The fourth-order valence-electron chi connectivity index (χ4n) is 2.64. The van der Waals surface area contributed by atoms with Gasteiger partial charge in [-0.25, -0.2) is 9.97 Å². The van der Waals surface area contributed by atoms with E-state index >= 15 is 0 Å². The lowest BCUT2D eigenvalue weighted by Gasteiger charge is -2.29. The molecule has 0 saturated carbocycles. The van der Waals surface area contributed by atoms with Crippen LogP contribution in [-0.2, 0) is 4.74 Å². The topological polar surface area (TPSA) is 85.5 Å². The van der Waals surface area contributed by atoms with Gasteiger partial charge in [0, 0.05) is 20.1 Å². The van der Waals surface area contributed by atoms with Crippen LogP contribution in [0.3, 0.4) is 0 Å². The third kappa shape index (κ3) is 4.00. The van der Waals surface area contributed by atoms with Gasteiger partial charge in [-0.1, -0.05) is 18.2 Å². The van der Waals surface area contributed by atoms with E-state index in [1.807, 2.05) is 36.4 Å².